The highest BCUT2D eigenvalue weighted by Gasteiger charge is 2.43. The zero-order valence-corrected chi connectivity index (χ0v) is 13.1. The molecule has 1 heterocycles. The van der Waals surface area contributed by atoms with Crippen LogP contribution in [-0.2, 0) is 9.53 Å². The predicted molar refractivity (Wildman–Crippen MR) is 82.3 cm³/mol. The molecule has 0 N–H and O–H groups in total. The largest absolute Gasteiger partial charge is 0.470 e. The molecule has 0 spiro atoms. The van der Waals surface area contributed by atoms with Gasteiger partial charge in [0.05, 0.1) is 5.57 Å². The van der Waals surface area contributed by atoms with E-state index in [0.717, 1.165) is 42.7 Å². The first-order chi connectivity index (χ1) is 10.0. The van der Waals surface area contributed by atoms with Gasteiger partial charge in [0.25, 0.3) is 5.91 Å². The van der Waals surface area contributed by atoms with E-state index in [4.69, 9.17) is 4.74 Å². The minimum absolute atomic E-state index is 0.129. The smallest absolute Gasteiger partial charge is 0.256 e. The first kappa shape index (κ1) is 14.2. The van der Waals surface area contributed by atoms with Gasteiger partial charge in [-0.2, -0.15) is 0 Å². The van der Waals surface area contributed by atoms with Crippen LogP contribution in [0.1, 0.15) is 51.8 Å². The average Bonchev–Trinajstić information content (AvgIpc) is 2.78. The standard InChI is InChI=1S/C18H23NO2/c1-4-10-19-16(20)14-11-18(2,3)12-15(14)21-17(19)13-8-6-5-7-9-13/h5-9,17H,4,10-12H2,1-3H3. The van der Waals surface area contributed by atoms with Gasteiger partial charge in [-0.05, 0) is 18.3 Å². The van der Waals surface area contributed by atoms with E-state index in [1.807, 2.05) is 35.2 Å². The number of hydrogen-bond donors (Lipinski definition) is 0. The lowest BCUT2D eigenvalue weighted by atomic mass is 9.89. The van der Waals surface area contributed by atoms with Crippen molar-refractivity contribution in [1.29, 1.82) is 0 Å². The Hall–Kier alpha value is -1.77. The Morgan fingerprint density at radius 1 is 1.24 bits per heavy atom. The second kappa shape index (κ2) is 5.21. The lowest BCUT2D eigenvalue weighted by Crippen LogP contribution is -2.40. The van der Waals surface area contributed by atoms with Gasteiger partial charge in [-0.3, -0.25) is 9.69 Å². The van der Waals surface area contributed by atoms with Crippen LogP contribution in [0.4, 0.5) is 0 Å². The number of hydrogen-bond acceptors (Lipinski definition) is 2. The molecule has 112 valence electrons. The Bertz CT molecular complexity index is 574. The van der Waals surface area contributed by atoms with Crippen molar-refractivity contribution in [2.24, 2.45) is 5.41 Å². The van der Waals surface area contributed by atoms with Gasteiger partial charge < -0.3 is 4.74 Å². The van der Waals surface area contributed by atoms with Crippen molar-refractivity contribution < 1.29 is 9.53 Å². The number of rotatable bonds is 3. The summed E-state index contributed by atoms with van der Waals surface area (Å²) in [5.74, 6) is 1.07. The maximum atomic E-state index is 12.9. The van der Waals surface area contributed by atoms with Crippen LogP contribution in [0, 0.1) is 5.41 Å². The van der Waals surface area contributed by atoms with Crippen LogP contribution in [0.15, 0.2) is 41.7 Å². The third-order valence-corrected chi connectivity index (χ3v) is 4.24. The zero-order chi connectivity index (χ0) is 15.0. The molecule has 0 bridgehead atoms. The molecule has 1 aromatic rings. The molecule has 3 nitrogen and oxygen atoms in total. The van der Waals surface area contributed by atoms with Crippen LogP contribution in [-0.4, -0.2) is 17.4 Å². The fourth-order valence-electron chi connectivity index (χ4n) is 3.29. The van der Waals surface area contributed by atoms with Crippen LogP contribution < -0.4 is 0 Å². The van der Waals surface area contributed by atoms with Gasteiger partial charge in [0, 0.05) is 18.5 Å². The molecule has 1 aromatic carbocycles. The van der Waals surface area contributed by atoms with Gasteiger partial charge in [0.15, 0.2) is 0 Å². The monoisotopic (exact) mass is 285 g/mol. The third-order valence-electron chi connectivity index (χ3n) is 4.24. The summed E-state index contributed by atoms with van der Waals surface area (Å²) in [4.78, 5) is 14.7. The molecular formula is C18H23NO2. The second-order valence-electron chi connectivity index (χ2n) is 6.80. The van der Waals surface area contributed by atoms with Gasteiger partial charge in [-0.15, -0.1) is 0 Å². The van der Waals surface area contributed by atoms with Crippen molar-refractivity contribution in [2.45, 2.75) is 46.3 Å². The fraction of sp³-hybridized carbons (Fsp3) is 0.500. The summed E-state index contributed by atoms with van der Waals surface area (Å²) < 4.78 is 6.25. The van der Waals surface area contributed by atoms with Gasteiger partial charge in [0.2, 0.25) is 6.23 Å². The number of benzene rings is 1. The number of carbonyl (C=O) groups excluding carboxylic acids is 1. The van der Waals surface area contributed by atoms with Crippen LogP contribution in [0.25, 0.3) is 0 Å². The first-order valence-corrected chi connectivity index (χ1v) is 7.76. The minimum atomic E-state index is -0.272. The number of nitrogens with zero attached hydrogens (tertiary/aromatic N) is 1. The zero-order valence-electron chi connectivity index (χ0n) is 13.1. The normalized spacial score (nSPS) is 24.0. The van der Waals surface area contributed by atoms with E-state index in [9.17, 15) is 4.79 Å². The molecule has 0 radical (unpaired) electrons. The van der Waals surface area contributed by atoms with Crippen molar-refractivity contribution in [3.63, 3.8) is 0 Å². The maximum absolute atomic E-state index is 12.9. The lowest BCUT2D eigenvalue weighted by molar-refractivity contribution is -0.144. The Kier molecular flexibility index (Phi) is 3.52. The van der Waals surface area contributed by atoms with Crippen LogP contribution >= 0.6 is 0 Å². The molecule has 1 aliphatic heterocycles. The molecule has 1 aliphatic carbocycles. The van der Waals surface area contributed by atoms with Gasteiger partial charge in [-0.1, -0.05) is 51.1 Å². The van der Waals surface area contributed by atoms with Gasteiger partial charge >= 0.3 is 0 Å². The van der Waals surface area contributed by atoms with Crippen molar-refractivity contribution in [2.75, 3.05) is 6.54 Å². The maximum Gasteiger partial charge on any atom is 0.256 e. The number of carbonyl (C=O) groups is 1. The molecule has 0 saturated carbocycles. The summed E-state index contributed by atoms with van der Waals surface area (Å²) in [6, 6.07) is 10.0. The Labute approximate surface area is 126 Å². The van der Waals surface area contributed by atoms with Crippen LogP contribution in [0.5, 0.6) is 0 Å². The summed E-state index contributed by atoms with van der Waals surface area (Å²) >= 11 is 0. The predicted octanol–water partition coefficient (Wildman–Crippen LogP) is 4.03. The Balaban J connectivity index is 1.96. The van der Waals surface area contributed by atoms with Crippen LogP contribution in [0.3, 0.4) is 0 Å². The van der Waals surface area contributed by atoms with E-state index in [1.54, 1.807) is 0 Å². The number of ether oxygens (including phenoxy) is 1. The average molecular weight is 285 g/mol. The summed E-state index contributed by atoms with van der Waals surface area (Å²) in [6.45, 7) is 7.22. The van der Waals surface area contributed by atoms with E-state index in [0.29, 0.717) is 0 Å². The minimum Gasteiger partial charge on any atom is -0.470 e. The molecule has 0 aromatic heterocycles. The third kappa shape index (κ3) is 2.57. The molecule has 1 atom stereocenters. The molecule has 3 heteroatoms. The number of allylic oxidation sites excluding steroid dienone is 1. The molecule has 2 aliphatic rings. The van der Waals surface area contributed by atoms with Gasteiger partial charge in [0.1, 0.15) is 5.76 Å². The molecular weight excluding hydrogens is 262 g/mol. The second-order valence-corrected chi connectivity index (χ2v) is 6.80. The molecule has 3 rings (SSSR count). The van der Waals surface area contributed by atoms with Gasteiger partial charge in [-0.25, -0.2) is 0 Å². The van der Waals surface area contributed by atoms with E-state index < -0.39 is 0 Å². The van der Waals surface area contributed by atoms with E-state index in [2.05, 4.69) is 20.8 Å². The molecule has 0 fully saturated rings. The van der Waals surface area contributed by atoms with Crippen molar-refractivity contribution in [1.82, 2.24) is 4.90 Å². The molecule has 1 amide bonds. The summed E-state index contributed by atoms with van der Waals surface area (Å²) in [7, 11) is 0. The molecule has 1 unspecified atom stereocenters. The Morgan fingerprint density at radius 3 is 2.62 bits per heavy atom. The molecule has 0 saturated heterocycles. The topological polar surface area (TPSA) is 29.5 Å². The first-order valence-electron chi connectivity index (χ1n) is 7.76. The SMILES string of the molecule is CCCN1C(=O)C2=C(CC(C)(C)C2)OC1c1ccccc1. The van der Waals surface area contributed by atoms with Crippen molar-refractivity contribution in [3.8, 4) is 0 Å². The lowest BCUT2D eigenvalue weighted by Gasteiger charge is -2.36. The Morgan fingerprint density at radius 2 is 1.95 bits per heavy atom. The summed E-state index contributed by atoms with van der Waals surface area (Å²) in [5, 5.41) is 0. The van der Waals surface area contributed by atoms with E-state index in [1.165, 1.54) is 0 Å². The summed E-state index contributed by atoms with van der Waals surface area (Å²) in [5.41, 5.74) is 2.07. The molecule has 21 heavy (non-hydrogen) atoms. The van der Waals surface area contributed by atoms with E-state index >= 15 is 0 Å². The highest BCUT2D eigenvalue weighted by Crippen LogP contribution is 2.47. The highest BCUT2D eigenvalue weighted by atomic mass is 16.5. The van der Waals surface area contributed by atoms with Crippen LogP contribution in [0.2, 0.25) is 0 Å². The quantitative estimate of drug-likeness (QED) is 0.839. The fourth-order valence-corrected chi connectivity index (χ4v) is 3.29. The number of amides is 1. The van der Waals surface area contributed by atoms with E-state index in [-0.39, 0.29) is 17.6 Å². The summed E-state index contributed by atoms with van der Waals surface area (Å²) in [6.07, 6.45) is 2.34. The highest BCUT2D eigenvalue weighted by molar-refractivity contribution is 5.95. The van der Waals surface area contributed by atoms with Crippen molar-refractivity contribution >= 4 is 5.91 Å². The van der Waals surface area contributed by atoms with Crippen molar-refractivity contribution in [3.05, 3.63) is 47.2 Å².